The van der Waals surface area contributed by atoms with Crippen LogP contribution in [-0.4, -0.2) is 41.3 Å². The summed E-state index contributed by atoms with van der Waals surface area (Å²) in [5.41, 5.74) is 1.29. The first kappa shape index (κ1) is 29.4. The van der Waals surface area contributed by atoms with Crippen LogP contribution in [0.15, 0.2) is 18.2 Å². The first-order valence-electron chi connectivity index (χ1n) is 15.6. The highest BCUT2D eigenvalue weighted by molar-refractivity contribution is 5.94. The minimum absolute atomic E-state index is 0.0696. The number of anilines is 2. The van der Waals surface area contributed by atoms with E-state index in [2.05, 4.69) is 31.4 Å². The van der Waals surface area contributed by atoms with E-state index in [4.69, 9.17) is 4.74 Å². The maximum atomic E-state index is 13.0. The third-order valence-electron chi connectivity index (χ3n) is 12.1. The standard InChI is InChI=1S/C33H50N2O5/c1-19(6-13-31(39)35-28-17-22(34-20(2)36)8-12-29(28)40-5)25-10-11-26-24-9-7-21-16-23(37)14-15-32(21,3)27(24)18-30(38)33(25,26)4/h8,12,17,19,21,23-27,30,37-38H,6-7,9-11,13-16,18H2,1-5H3,(H,34,36)(H,35,39)/t19-,21-,23-,24+,25-,26+,27+,30+,32+,33-/m1/s1. The molecular weight excluding hydrogens is 504 g/mol. The Morgan fingerprint density at radius 3 is 2.55 bits per heavy atom. The van der Waals surface area contributed by atoms with Gasteiger partial charge in [-0.3, -0.25) is 9.59 Å². The zero-order valence-corrected chi connectivity index (χ0v) is 25.0. The number of benzene rings is 1. The predicted octanol–water partition coefficient (Wildman–Crippen LogP) is 6.00. The van der Waals surface area contributed by atoms with E-state index < -0.39 is 0 Å². The molecular formula is C33H50N2O5. The third-order valence-corrected chi connectivity index (χ3v) is 12.1. The number of aliphatic hydroxyl groups excluding tert-OH is 2. The van der Waals surface area contributed by atoms with Crippen molar-refractivity contribution in [2.45, 2.75) is 104 Å². The lowest BCUT2D eigenvalue weighted by Gasteiger charge is -2.62. The summed E-state index contributed by atoms with van der Waals surface area (Å²) in [6.45, 7) is 8.53. The molecule has 4 aliphatic rings. The average molecular weight is 555 g/mol. The summed E-state index contributed by atoms with van der Waals surface area (Å²) in [5, 5.41) is 27.9. The molecule has 40 heavy (non-hydrogen) atoms. The van der Waals surface area contributed by atoms with Crippen molar-refractivity contribution in [3.05, 3.63) is 18.2 Å². The van der Waals surface area contributed by atoms with Crippen molar-refractivity contribution in [3.63, 3.8) is 0 Å². The van der Waals surface area contributed by atoms with Gasteiger partial charge in [0.25, 0.3) is 0 Å². The molecule has 0 spiro atoms. The first-order valence-corrected chi connectivity index (χ1v) is 15.6. The van der Waals surface area contributed by atoms with Crippen LogP contribution in [0.4, 0.5) is 11.4 Å². The quantitative estimate of drug-likeness (QED) is 0.331. The fourth-order valence-corrected chi connectivity index (χ4v) is 10.0. The summed E-state index contributed by atoms with van der Waals surface area (Å²) in [6.07, 6.45) is 9.25. The second kappa shape index (κ2) is 11.3. The van der Waals surface area contributed by atoms with Crippen molar-refractivity contribution in [3.8, 4) is 5.75 Å². The molecule has 0 aromatic heterocycles. The summed E-state index contributed by atoms with van der Waals surface area (Å²) in [6, 6.07) is 5.21. The Kier molecular flexibility index (Phi) is 8.28. The van der Waals surface area contributed by atoms with Crippen LogP contribution < -0.4 is 15.4 Å². The highest BCUT2D eigenvalue weighted by Crippen LogP contribution is 2.68. The van der Waals surface area contributed by atoms with Crippen LogP contribution in [0.3, 0.4) is 0 Å². The van der Waals surface area contributed by atoms with Gasteiger partial charge >= 0.3 is 0 Å². The van der Waals surface area contributed by atoms with Gasteiger partial charge in [-0.05, 0) is 122 Å². The van der Waals surface area contributed by atoms with Gasteiger partial charge in [0, 0.05) is 19.0 Å². The number of nitrogens with one attached hydrogen (secondary N) is 2. The largest absolute Gasteiger partial charge is 0.495 e. The minimum atomic E-state index is -0.314. The lowest BCUT2D eigenvalue weighted by atomic mass is 9.43. The molecule has 2 amide bonds. The van der Waals surface area contributed by atoms with E-state index >= 15 is 0 Å². The highest BCUT2D eigenvalue weighted by Gasteiger charge is 2.63. The second-order valence-electron chi connectivity index (χ2n) is 14.0. The predicted molar refractivity (Wildman–Crippen MR) is 157 cm³/mol. The molecule has 5 rings (SSSR count). The Bertz CT molecular complexity index is 1110. The maximum Gasteiger partial charge on any atom is 0.224 e. The van der Waals surface area contributed by atoms with Gasteiger partial charge in [-0.25, -0.2) is 0 Å². The molecule has 0 bridgehead atoms. The SMILES string of the molecule is COc1ccc(NC(C)=O)cc1NC(=O)CC[C@@H](C)[C@H]1CC[C@H]2[C@@H]3CC[C@@H]4C[C@H](O)CC[C@]4(C)[C@H]3C[C@H](O)[C@]12C. The number of rotatable bonds is 7. The van der Waals surface area contributed by atoms with E-state index in [0.717, 1.165) is 38.5 Å². The molecule has 7 heteroatoms. The number of methoxy groups -OCH3 is 1. The molecule has 1 aromatic rings. The lowest BCUT2D eigenvalue weighted by Crippen LogP contribution is -2.58. The zero-order chi connectivity index (χ0) is 28.8. The Morgan fingerprint density at radius 1 is 1.05 bits per heavy atom. The molecule has 0 radical (unpaired) electrons. The fourth-order valence-electron chi connectivity index (χ4n) is 10.0. The van der Waals surface area contributed by atoms with Crippen LogP contribution >= 0.6 is 0 Å². The zero-order valence-electron chi connectivity index (χ0n) is 25.0. The normalized spacial score (nSPS) is 39.3. The van der Waals surface area contributed by atoms with Gasteiger partial charge in [0.05, 0.1) is 25.0 Å². The molecule has 1 aromatic carbocycles. The maximum absolute atomic E-state index is 13.0. The monoisotopic (exact) mass is 554 g/mol. The van der Waals surface area contributed by atoms with Crippen LogP contribution in [0.25, 0.3) is 0 Å². The Hall–Kier alpha value is -2.12. The number of carbonyl (C=O) groups is 2. The van der Waals surface area contributed by atoms with E-state index in [-0.39, 0.29) is 34.9 Å². The van der Waals surface area contributed by atoms with Gasteiger partial charge in [0.1, 0.15) is 5.75 Å². The van der Waals surface area contributed by atoms with Crippen molar-refractivity contribution in [1.82, 2.24) is 0 Å². The molecule has 0 saturated heterocycles. The summed E-state index contributed by atoms with van der Waals surface area (Å²) in [5.74, 6) is 3.37. The van der Waals surface area contributed by atoms with Gasteiger partial charge in [-0.2, -0.15) is 0 Å². The van der Waals surface area contributed by atoms with E-state index in [9.17, 15) is 19.8 Å². The molecule has 4 fully saturated rings. The van der Waals surface area contributed by atoms with Crippen molar-refractivity contribution < 1.29 is 24.5 Å². The van der Waals surface area contributed by atoms with Crippen molar-refractivity contribution >= 4 is 23.2 Å². The van der Waals surface area contributed by atoms with Crippen molar-refractivity contribution in [1.29, 1.82) is 0 Å². The van der Waals surface area contributed by atoms with Gasteiger partial charge in [0.2, 0.25) is 11.8 Å². The minimum Gasteiger partial charge on any atom is -0.495 e. The lowest BCUT2D eigenvalue weighted by molar-refractivity contribution is -0.174. The van der Waals surface area contributed by atoms with Gasteiger partial charge in [-0.15, -0.1) is 0 Å². The van der Waals surface area contributed by atoms with E-state index in [1.54, 1.807) is 25.3 Å². The average Bonchev–Trinajstić information content (AvgIpc) is 3.27. The number of fused-ring (bicyclic) bond motifs is 5. The molecule has 0 heterocycles. The van der Waals surface area contributed by atoms with Crippen LogP contribution in [-0.2, 0) is 9.59 Å². The highest BCUT2D eigenvalue weighted by atomic mass is 16.5. The third kappa shape index (κ3) is 5.17. The van der Waals surface area contributed by atoms with E-state index in [1.165, 1.54) is 26.2 Å². The molecule has 4 saturated carbocycles. The number of hydrogen-bond donors (Lipinski definition) is 4. The van der Waals surface area contributed by atoms with Crippen molar-refractivity contribution in [2.24, 2.45) is 46.3 Å². The van der Waals surface area contributed by atoms with Crippen LogP contribution in [0, 0.1) is 46.3 Å². The molecule has 0 unspecified atom stereocenters. The fraction of sp³-hybridized carbons (Fsp3) is 0.758. The van der Waals surface area contributed by atoms with E-state index in [1.807, 2.05) is 0 Å². The number of amides is 2. The summed E-state index contributed by atoms with van der Waals surface area (Å²) in [7, 11) is 1.56. The Labute approximate surface area is 239 Å². The van der Waals surface area contributed by atoms with Gasteiger partial charge in [-0.1, -0.05) is 20.8 Å². The summed E-state index contributed by atoms with van der Waals surface area (Å²) >= 11 is 0. The van der Waals surface area contributed by atoms with E-state index in [0.29, 0.717) is 59.1 Å². The molecule has 4 aliphatic carbocycles. The Morgan fingerprint density at radius 2 is 1.82 bits per heavy atom. The van der Waals surface area contributed by atoms with Crippen LogP contribution in [0.2, 0.25) is 0 Å². The van der Waals surface area contributed by atoms with Gasteiger partial charge < -0.3 is 25.6 Å². The molecule has 10 atom stereocenters. The number of aliphatic hydroxyl groups is 2. The molecule has 0 aliphatic heterocycles. The number of carbonyl (C=O) groups excluding carboxylic acids is 2. The number of hydrogen-bond acceptors (Lipinski definition) is 5. The molecule has 4 N–H and O–H groups in total. The van der Waals surface area contributed by atoms with Gasteiger partial charge in [0.15, 0.2) is 0 Å². The number of ether oxygens (including phenoxy) is 1. The van der Waals surface area contributed by atoms with Crippen LogP contribution in [0.5, 0.6) is 5.75 Å². The first-order chi connectivity index (χ1) is 19.0. The summed E-state index contributed by atoms with van der Waals surface area (Å²) in [4.78, 5) is 24.5. The smallest absolute Gasteiger partial charge is 0.224 e. The second-order valence-corrected chi connectivity index (χ2v) is 14.0. The Balaban J connectivity index is 1.23. The molecule has 7 nitrogen and oxygen atoms in total. The summed E-state index contributed by atoms with van der Waals surface area (Å²) < 4.78 is 5.42. The van der Waals surface area contributed by atoms with Crippen molar-refractivity contribution in [2.75, 3.05) is 17.7 Å². The van der Waals surface area contributed by atoms with Crippen LogP contribution in [0.1, 0.15) is 91.9 Å². The topological polar surface area (TPSA) is 108 Å². The molecule has 222 valence electrons.